The van der Waals surface area contributed by atoms with Gasteiger partial charge in [-0.3, -0.25) is 4.99 Å². The molecule has 31 heavy (non-hydrogen) atoms. The highest BCUT2D eigenvalue weighted by Gasteiger charge is 2.29. The Bertz CT molecular complexity index is 1380. The predicted molar refractivity (Wildman–Crippen MR) is 122 cm³/mol. The zero-order chi connectivity index (χ0) is 21.2. The summed E-state index contributed by atoms with van der Waals surface area (Å²) in [6.45, 7) is 2.10. The number of nitrogens with one attached hydrogen (secondary N) is 2. The molecule has 1 aliphatic heterocycles. The third-order valence-corrected chi connectivity index (χ3v) is 5.42. The van der Waals surface area contributed by atoms with E-state index in [1.165, 1.54) is 11.9 Å². The molecule has 3 heterocycles. The number of aromatic nitrogens is 4. The molecule has 2 N–H and O–H groups in total. The maximum Gasteiger partial charge on any atom is 0.182 e. The van der Waals surface area contributed by atoms with Crippen molar-refractivity contribution in [3.05, 3.63) is 77.3 Å². The molecule has 5 rings (SSSR count). The number of H-pyrrole nitrogens is 1. The van der Waals surface area contributed by atoms with Gasteiger partial charge in [0.25, 0.3) is 0 Å². The molecule has 7 nitrogen and oxygen atoms in total. The van der Waals surface area contributed by atoms with Crippen LogP contribution in [0.15, 0.2) is 66.2 Å². The Kier molecular flexibility index (Phi) is 4.81. The van der Waals surface area contributed by atoms with Crippen LogP contribution < -0.4 is 20.8 Å². The fourth-order valence-corrected chi connectivity index (χ4v) is 3.89. The molecule has 0 bridgehead atoms. The zero-order valence-electron chi connectivity index (χ0n) is 17.0. The van der Waals surface area contributed by atoms with Gasteiger partial charge in [-0.2, -0.15) is 0 Å². The van der Waals surface area contributed by atoms with Crippen LogP contribution in [0.5, 0.6) is 0 Å². The van der Waals surface area contributed by atoms with E-state index in [-0.39, 0.29) is 12.2 Å². The quantitative estimate of drug-likeness (QED) is 0.497. The smallest absolute Gasteiger partial charge is 0.182 e. The number of imidazole rings is 1. The third kappa shape index (κ3) is 3.49. The molecule has 0 amide bonds. The number of para-hydroxylation sites is 1. The van der Waals surface area contributed by atoms with Crippen LogP contribution in [0.4, 0.5) is 11.5 Å². The summed E-state index contributed by atoms with van der Waals surface area (Å²) in [5.74, 6) is 3.46. The van der Waals surface area contributed by atoms with Crippen molar-refractivity contribution in [3.63, 3.8) is 0 Å². The largest absolute Gasteiger partial charge is 0.360 e. The molecule has 2 aromatic carbocycles. The Hall–Kier alpha value is -4.18. The van der Waals surface area contributed by atoms with Crippen LogP contribution in [0, 0.1) is 19.3 Å². The van der Waals surface area contributed by atoms with E-state index in [0.717, 1.165) is 21.8 Å². The minimum Gasteiger partial charge on any atom is -0.360 e. The first-order valence-electron chi connectivity index (χ1n) is 10.1. The lowest BCUT2D eigenvalue weighted by molar-refractivity contribution is 0.560. The fourth-order valence-electron chi connectivity index (χ4n) is 3.89. The van der Waals surface area contributed by atoms with Crippen molar-refractivity contribution in [2.45, 2.75) is 25.6 Å². The van der Waals surface area contributed by atoms with Gasteiger partial charge in [0.05, 0.1) is 17.7 Å². The highest BCUT2D eigenvalue weighted by Crippen LogP contribution is 2.25. The van der Waals surface area contributed by atoms with Crippen molar-refractivity contribution < 1.29 is 0 Å². The van der Waals surface area contributed by atoms with Crippen LogP contribution >= 0.6 is 0 Å². The van der Waals surface area contributed by atoms with Crippen LogP contribution in [-0.4, -0.2) is 32.1 Å². The Labute approximate surface area is 179 Å². The standard InChI is InChI=1S/C24H21N7/c1-3-8-20(29-23-21-22(26-14-25-21)27-15-28-23)24-30-19-12-7-9-16(2)18(19)13-31(24)17-10-5-4-6-11-17/h1,4-7,9-15,20,24H,8H2,2H3,(H2,25,26,27,28,29). The molecule has 0 saturated heterocycles. The van der Waals surface area contributed by atoms with E-state index in [1.54, 1.807) is 6.33 Å². The molecule has 1 aliphatic rings. The highest BCUT2D eigenvalue weighted by molar-refractivity contribution is 5.82. The van der Waals surface area contributed by atoms with Gasteiger partial charge in [0, 0.05) is 23.5 Å². The van der Waals surface area contributed by atoms with Gasteiger partial charge in [-0.15, -0.1) is 12.3 Å². The average molecular weight is 407 g/mol. The number of nitrogens with zero attached hydrogens (tertiary/aromatic N) is 5. The summed E-state index contributed by atoms with van der Waals surface area (Å²) in [5.41, 5.74) is 3.57. The van der Waals surface area contributed by atoms with Crippen LogP contribution in [0.2, 0.25) is 0 Å². The van der Waals surface area contributed by atoms with Crippen molar-refractivity contribution in [2.75, 3.05) is 10.2 Å². The second-order valence-corrected chi connectivity index (χ2v) is 7.40. The maximum absolute atomic E-state index is 5.77. The van der Waals surface area contributed by atoms with Crippen molar-refractivity contribution in [1.29, 1.82) is 0 Å². The molecule has 2 atom stereocenters. The number of rotatable bonds is 5. The van der Waals surface area contributed by atoms with Gasteiger partial charge in [0.1, 0.15) is 18.0 Å². The number of anilines is 2. The van der Waals surface area contributed by atoms with Gasteiger partial charge in [0.15, 0.2) is 11.5 Å². The molecular formula is C24H21N7. The third-order valence-electron chi connectivity index (χ3n) is 5.42. The Balaban J connectivity index is 1.63. The van der Waals surface area contributed by atoms with Crippen molar-refractivity contribution in [3.8, 4) is 12.3 Å². The van der Waals surface area contributed by atoms with E-state index in [2.05, 4.69) is 67.4 Å². The summed E-state index contributed by atoms with van der Waals surface area (Å²) in [4.78, 5) is 23.2. The number of aromatic amines is 1. The van der Waals surface area contributed by atoms with E-state index < -0.39 is 0 Å². The van der Waals surface area contributed by atoms with Gasteiger partial charge < -0.3 is 15.2 Å². The van der Waals surface area contributed by atoms with Crippen LogP contribution in [0.1, 0.15) is 12.0 Å². The summed E-state index contributed by atoms with van der Waals surface area (Å²) < 4.78 is 0. The van der Waals surface area contributed by atoms with Crippen LogP contribution in [0.3, 0.4) is 0 Å². The summed E-state index contributed by atoms with van der Waals surface area (Å²) in [7, 11) is 0. The molecule has 152 valence electrons. The van der Waals surface area contributed by atoms with Crippen molar-refractivity contribution in [2.24, 2.45) is 4.99 Å². The molecular weight excluding hydrogens is 386 g/mol. The first-order valence-corrected chi connectivity index (χ1v) is 10.1. The minimum atomic E-state index is -0.263. The van der Waals surface area contributed by atoms with Crippen LogP contribution in [0.25, 0.3) is 17.4 Å². The van der Waals surface area contributed by atoms with Gasteiger partial charge in [0.2, 0.25) is 0 Å². The van der Waals surface area contributed by atoms with E-state index in [9.17, 15) is 0 Å². The molecule has 2 unspecified atom stereocenters. The molecule has 0 radical (unpaired) electrons. The lowest BCUT2D eigenvalue weighted by Gasteiger charge is -2.35. The number of benzene rings is 2. The SMILES string of the molecule is C#CCC(Nc1ncnc2nc[nH]c12)C1N=c2cccc(C)c2=CN1c1ccccc1. The predicted octanol–water partition coefficient (Wildman–Crippen LogP) is 2.37. The van der Waals surface area contributed by atoms with E-state index in [0.29, 0.717) is 17.9 Å². The molecule has 0 aliphatic carbocycles. The summed E-state index contributed by atoms with van der Waals surface area (Å²) in [6.07, 6.45) is 11.2. The van der Waals surface area contributed by atoms with Crippen molar-refractivity contribution in [1.82, 2.24) is 19.9 Å². The topological polar surface area (TPSA) is 82.1 Å². The molecule has 2 aromatic heterocycles. The number of aryl methyl sites for hydroxylation is 1. The molecule has 4 aromatic rings. The number of hydrogen-bond acceptors (Lipinski definition) is 6. The lowest BCUT2D eigenvalue weighted by Crippen LogP contribution is -2.50. The molecule has 0 saturated carbocycles. The molecule has 0 fully saturated rings. The maximum atomic E-state index is 5.77. The Morgan fingerprint density at radius 2 is 2.00 bits per heavy atom. The first-order chi connectivity index (χ1) is 15.2. The second-order valence-electron chi connectivity index (χ2n) is 7.40. The van der Waals surface area contributed by atoms with E-state index >= 15 is 0 Å². The number of hydrogen-bond donors (Lipinski definition) is 2. The first kappa shape index (κ1) is 18.8. The average Bonchev–Trinajstić information content (AvgIpc) is 3.29. The van der Waals surface area contributed by atoms with E-state index in [1.807, 2.05) is 30.3 Å². The van der Waals surface area contributed by atoms with Gasteiger partial charge >= 0.3 is 0 Å². The Morgan fingerprint density at radius 3 is 2.84 bits per heavy atom. The monoisotopic (exact) mass is 407 g/mol. The molecule has 7 heteroatoms. The summed E-state index contributed by atoms with van der Waals surface area (Å²) >= 11 is 0. The Morgan fingerprint density at radius 1 is 1.13 bits per heavy atom. The number of terminal acetylenes is 1. The van der Waals surface area contributed by atoms with Crippen molar-refractivity contribution >= 4 is 28.9 Å². The lowest BCUT2D eigenvalue weighted by atomic mass is 10.1. The van der Waals surface area contributed by atoms with Gasteiger partial charge in [-0.25, -0.2) is 15.0 Å². The summed E-state index contributed by atoms with van der Waals surface area (Å²) in [5, 5.41) is 5.57. The van der Waals surface area contributed by atoms with Gasteiger partial charge in [-0.1, -0.05) is 30.3 Å². The zero-order valence-corrected chi connectivity index (χ0v) is 17.0. The second kappa shape index (κ2) is 7.92. The normalized spacial score (nSPS) is 16.0. The minimum absolute atomic E-state index is 0.198. The van der Waals surface area contributed by atoms with E-state index in [4.69, 9.17) is 11.4 Å². The highest BCUT2D eigenvalue weighted by atomic mass is 15.3. The fraction of sp³-hybridized carbons (Fsp3) is 0.167. The summed E-state index contributed by atoms with van der Waals surface area (Å²) in [6, 6.07) is 16.2. The number of fused-ring (bicyclic) bond motifs is 2. The van der Waals surface area contributed by atoms with Gasteiger partial charge in [-0.05, 0) is 30.7 Å². The van der Waals surface area contributed by atoms with Crippen LogP contribution in [-0.2, 0) is 0 Å². The molecule has 0 spiro atoms.